The number of carboxylic acids is 1. The Balaban J connectivity index is 4.57. The number of hydrogen-bond acceptors (Lipinski definition) is 5. The number of rotatable bonds is 8. The Bertz CT molecular complexity index is 452. The molecular weight excluding hydrogens is 270 g/mol. The maximum absolute atomic E-state index is 11.4. The Kier molecular flexibility index (Phi) is 6.06. The van der Waals surface area contributed by atoms with Crippen LogP contribution in [-0.2, 0) is 24.7 Å². The van der Waals surface area contributed by atoms with Gasteiger partial charge in [-0.3, -0.25) is 4.79 Å². The Labute approximate surface area is 101 Å². The van der Waals surface area contributed by atoms with Gasteiger partial charge >= 0.3 is 5.97 Å². The van der Waals surface area contributed by atoms with Crippen molar-refractivity contribution in [2.45, 2.75) is 25.8 Å². The highest BCUT2D eigenvalue weighted by atomic mass is 32.2. The number of carbonyl (C=O) groups is 1. The summed E-state index contributed by atoms with van der Waals surface area (Å²) in [5, 5.41) is 8.75. The lowest BCUT2D eigenvalue weighted by Crippen LogP contribution is -2.42. The van der Waals surface area contributed by atoms with Crippen molar-refractivity contribution in [2.24, 2.45) is 0 Å². The van der Waals surface area contributed by atoms with Crippen LogP contribution in [0.15, 0.2) is 0 Å². The molecule has 0 aliphatic carbocycles. The summed E-state index contributed by atoms with van der Waals surface area (Å²) in [5.74, 6) is -2.42. The molecule has 0 saturated heterocycles. The van der Waals surface area contributed by atoms with E-state index in [4.69, 9.17) is 5.11 Å². The predicted molar refractivity (Wildman–Crippen MR) is 63.0 cm³/mol. The number of nitrogens with one attached hydrogen (secondary N) is 1. The minimum absolute atomic E-state index is 0.160. The molecule has 0 spiro atoms. The normalized spacial score (nSPS) is 14.5. The zero-order valence-electron chi connectivity index (χ0n) is 9.71. The fraction of sp³-hybridized carbons (Fsp3) is 0.875. The van der Waals surface area contributed by atoms with Crippen molar-refractivity contribution in [2.75, 3.05) is 17.8 Å². The fourth-order valence-electron chi connectivity index (χ4n) is 1.06. The highest BCUT2D eigenvalue weighted by Crippen LogP contribution is 2.00. The topological polar surface area (TPSA) is 118 Å². The molecule has 0 fully saturated rings. The largest absolute Gasteiger partial charge is 0.480 e. The summed E-state index contributed by atoms with van der Waals surface area (Å²) >= 11 is 0. The van der Waals surface area contributed by atoms with Crippen molar-refractivity contribution in [3.63, 3.8) is 0 Å². The summed E-state index contributed by atoms with van der Waals surface area (Å²) < 4.78 is 46.5. The van der Waals surface area contributed by atoms with Crippen LogP contribution in [0.2, 0.25) is 0 Å². The molecule has 102 valence electrons. The fourth-order valence-corrected chi connectivity index (χ4v) is 3.92. The Hall–Kier alpha value is -0.670. The first-order valence-corrected chi connectivity index (χ1v) is 8.69. The van der Waals surface area contributed by atoms with E-state index < -0.39 is 43.4 Å². The number of aliphatic carboxylic acids is 1. The molecule has 0 aliphatic rings. The van der Waals surface area contributed by atoms with Gasteiger partial charge in [-0.25, -0.2) is 21.6 Å². The van der Waals surface area contributed by atoms with E-state index in [-0.39, 0.29) is 6.42 Å². The van der Waals surface area contributed by atoms with Crippen LogP contribution >= 0.6 is 0 Å². The van der Waals surface area contributed by atoms with Gasteiger partial charge in [-0.15, -0.1) is 0 Å². The molecule has 9 heteroatoms. The van der Waals surface area contributed by atoms with Crippen LogP contribution in [0.4, 0.5) is 0 Å². The average Bonchev–Trinajstić information content (AvgIpc) is 2.13. The predicted octanol–water partition coefficient (Wildman–Crippen LogP) is -0.796. The lowest BCUT2D eigenvalue weighted by Gasteiger charge is -2.13. The molecule has 0 heterocycles. The monoisotopic (exact) mass is 287 g/mol. The zero-order chi connectivity index (χ0) is 13.7. The lowest BCUT2D eigenvalue weighted by atomic mass is 10.2. The lowest BCUT2D eigenvalue weighted by molar-refractivity contribution is -0.139. The van der Waals surface area contributed by atoms with Crippen molar-refractivity contribution in [3.8, 4) is 0 Å². The first-order valence-electron chi connectivity index (χ1n) is 4.98. The van der Waals surface area contributed by atoms with Gasteiger partial charge in [0.1, 0.15) is 15.9 Å². The van der Waals surface area contributed by atoms with Gasteiger partial charge in [-0.2, -0.15) is 0 Å². The third-order valence-electron chi connectivity index (χ3n) is 1.92. The highest BCUT2D eigenvalue weighted by molar-refractivity contribution is 7.93. The van der Waals surface area contributed by atoms with Gasteiger partial charge in [0.2, 0.25) is 10.0 Å². The van der Waals surface area contributed by atoms with Crippen LogP contribution in [0.3, 0.4) is 0 Å². The van der Waals surface area contributed by atoms with Crippen molar-refractivity contribution in [1.29, 1.82) is 0 Å². The first kappa shape index (κ1) is 16.3. The smallest absolute Gasteiger partial charge is 0.321 e. The summed E-state index contributed by atoms with van der Waals surface area (Å²) in [5.41, 5.74) is 0. The number of sulfone groups is 1. The molecule has 7 nitrogen and oxygen atoms in total. The summed E-state index contributed by atoms with van der Waals surface area (Å²) in [4.78, 5) is 10.7. The summed E-state index contributed by atoms with van der Waals surface area (Å²) in [6.45, 7) is 1.72. The molecule has 0 aromatic rings. The van der Waals surface area contributed by atoms with Crippen molar-refractivity contribution in [3.05, 3.63) is 0 Å². The minimum atomic E-state index is -3.89. The van der Waals surface area contributed by atoms with E-state index in [2.05, 4.69) is 0 Å². The maximum Gasteiger partial charge on any atom is 0.321 e. The SMILES string of the molecule is CCC[C@H](NS(=O)(=O)CCS(C)(=O)=O)C(=O)O. The van der Waals surface area contributed by atoms with Gasteiger partial charge in [0.15, 0.2) is 0 Å². The third kappa shape index (κ3) is 8.11. The molecule has 0 rings (SSSR count). The van der Waals surface area contributed by atoms with Gasteiger partial charge in [-0.1, -0.05) is 13.3 Å². The zero-order valence-corrected chi connectivity index (χ0v) is 11.3. The second-order valence-corrected chi connectivity index (χ2v) is 7.88. The molecule has 17 heavy (non-hydrogen) atoms. The average molecular weight is 287 g/mol. The summed E-state index contributed by atoms with van der Waals surface area (Å²) in [6, 6.07) is -1.20. The molecule has 0 aliphatic heterocycles. The van der Waals surface area contributed by atoms with E-state index in [1.807, 2.05) is 4.72 Å². The quantitative estimate of drug-likeness (QED) is 0.603. The van der Waals surface area contributed by atoms with E-state index in [1.165, 1.54) is 0 Å². The molecule has 0 radical (unpaired) electrons. The third-order valence-corrected chi connectivity index (χ3v) is 4.51. The van der Waals surface area contributed by atoms with Gasteiger partial charge in [0, 0.05) is 6.26 Å². The first-order chi connectivity index (χ1) is 7.57. The van der Waals surface area contributed by atoms with Crippen LogP contribution in [0.1, 0.15) is 19.8 Å². The molecule has 0 aromatic carbocycles. The molecule has 2 N–H and O–H groups in total. The molecule has 0 amide bonds. The Morgan fingerprint density at radius 2 is 1.76 bits per heavy atom. The van der Waals surface area contributed by atoms with E-state index in [0.29, 0.717) is 6.42 Å². The Morgan fingerprint density at radius 3 is 2.12 bits per heavy atom. The van der Waals surface area contributed by atoms with Crippen molar-refractivity contribution in [1.82, 2.24) is 4.72 Å². The van der Waals surface area contributed by atoms with Crippen LogP contribution in [0.25, 0.3) is 0 Å². The summed E-state index contributed by atoms with van der Waals surface area (Å²) in [6.07, 6.45) is 1.59. The van der Waals surface area contributed by atoms with Crippen LogP contribution in [-0.4, -0.2) is 51.7 Å². The highest BCUT2D eigenvalue weighted by Gasteiger charge is 2.23. The van der Waals surface area contributed by atoms with Crippen LogP contribution in [0.5, 0.6) is 0 Å². The van der Waals surface area contributed by atoms with Gasteiger partial charge in [0.25, 0.3) is 0 Å². The molecule has 0 saturated carbocycles. The Morgan fingerprint density at radius 1 is 1.24 bits per heavy atom. The van der Waals surface area contributed by atoms with Gasteiger partial charge in [0.05, 0.1) is 11.5 Å². The van der Waals surface area contributed by atoms with Gasteiger partial charge in [-0.05, 0) is 6.42 Å². The number of sulfonamides is 1. The van der Waals surface area contributed by atoms with Gasteiger partial charge < -0.3 is 5.11 Å². The number of carboxylic acid groups (broad SMARTS) is 1. The molecule has 1 atom stereocenters. The van der Waals surface area contributed by atoms with Crippen molar-refractivity contribution >= 4 is 25.8 Å². The molecule has 0 aromatic heterocycles. The molecule has 0 bridgehead atoms. The molecular formula is C8H17NO6S2. The van der Waals surface area contributed by atoms with E-state index in [0.717, 1.165) is 6.26 Å². The maximum atomic E-state index is 11.4. The standard InChI is InChI=1S/C8H17NO6S2/c1-3-4-7(8(10)11)9-17(14,15)6-5-16(2,12)13/h7,9H,3-6H2,1-2H3,(H,10,11)/t7-/m0/s1. The second-order valence-electron chi connectivity index (χ2n) is 3.75. The van der Waals surface area contributed by atoms with E-state index in [9.17, 15) is 21.6 Å². The van der Waals surface area contributed by atoms with E-state index >= 15 is 0 Å². The number of hydrogen-bond donors (Lipinski definition) is 2. The summed E-state index contributed by atoms with van der Waals surface area (Å²) in [7, 11) is -7.28. The van der Waals surface area contributed by atoms with Crippen molar-refractivity contribution < 1.29 is 26.7 Å². The molecule has 0 unspecified atom stereocenters. The minimum Gasteiger partial charge on any atom is -0.480 e. The second kappa shape index (κ2) is 6.31. The van der Waals surface area contributed by atoms with Crippen LogP contribution in [0, 0.1) is 0 Å². The van der Waals surface area contributed by atoms with E-state index in [1.54, 1.807) is 6.92 Å². The van der Waals surface area contributed by atoms with Crippen LogP contribution < -0.4 is 4.72 Å².